The van der Waals surface area contributed by atoms with Gasteiger partial charge in [-0.2, -0.15) is 0 Å². The van der Waals surface area contributed by atoms with E-state index in [1.54, 1.807) is 5.43 Å². The fraction of sp³-hybridized carbons (Fsp3) is 0.611. The van der Waals surface area contributed by atoms with Crippen LogP contribution in [-0.4, -0.2) is 58.5 Å². The van der Waals surface area contributed by atoms with Crippen molar-refractivity contribution in [3.8, 4) is 0 Å². The highest BCUT2D eigenvalue weighted by atomic mass is 32.1. The number of aliphatic imine (C=N–C) groups is 1. The fourth-order valence-electron chi connectivity index (χ4n) is 2.90. The quantitative estimate of drug-likeness (QED) is 0.0527. The van der Waals surface area contributed by atoms with Crippen LogP contribution in [0.1, 0.15) is 44.4 Å². The van der Waals surface area contributed by atoms with E-state index >= 15 is 0 Å². The maximum Gasteiger partial charge on any atom is 0.475 e. The molecule has 14 heteroatoms. The summed E-state index contributed by atoms with van der Waals surface area (Å²) in [5, 5.41) is 35.8. The number of hydrazine groups is 1. The van der Waals surface area contributed by atoms with E-state index in [1.807, 2.05) is 31.4 Å². The molecule has 0 radical (unpaired) electrons. The van der Waals surface area contributed by atoms with Gasteiger partial charge in [-0.15, -0.1) is 11.3 Å². The zero-order valence-electron chi connectivity index (χ0n) is 18.2. The molecule has 0 aromatic carbocycles. The summed E-state index contributed by atoms with van der Waals surface area (Å²) in [6.45, 7) is 3.86. The number of nitro groups is 1. The van der Waals surface area contributed by atoms with E-state index in [0.717, 1.165) is 4.88 Å². The lowest BCUT2D eigenvalue weighted by Gasteiger charge is -2.24. The van der Waals surface area contributed by atoms with Crippen LogP contribution in [0.15, 0.2) is 22.5 Å². The molecule has 0 aliphatic heterocycles. The molecular formula is C18H31BN6O6S. The van der Waals surface area contributed by atoms with Gasteiger partial charge in [-0.1, -0.05) is 25.3 Å². The molecular weight excluding hydrogens is 439 g/mol. The van der Waals surface area contributed by atoms with Gasteiger partial charge in [-0.3, -0.25) is 9.59 Å². The topological polar surface area (TPSA) is 192 Å². The van der Waals surface area contributed by atoms with E-state index in [4.69, 9.17) is 5.73 Å². The second-order valence-electron chi connectivity index (χ2n) is 7.64. The van der Waals surface area contributed by atoms with E-state index in [0.29, 0.717) is 19.3 Å². The summed E-state index contributed by atoms with van der Waals surface area (Å²) in [5.41, 5.74) is 7.08. The summed E-state index contributed by atoms with van der Waals surface area (Å²) < 4.78 is 0. The van der Waals surface area contributed by atoms with Gasteiger partial charge in [0, 0.05) is 17.8 Å². The van der Waals surface area contributed by atoms with Crippen molar-refractivity contribution in [3.63, 3.8) is 0 Å². The number of aryl methyl sites for hydroxylation is 1. The second-order valence-corrected chi connectivity index (χ2v) is 8.67. The predicted octanol–water partition coefficient (Wildman–Crippen LogP) is -0.415. The Bertz CT molecular complexity index is 761. The van der Waals surface area contributed by atoms with Crippen molar-refractivity contribution in [1.29, 1.82) is 0 Å². The molecule has 0 aliphatic rings. The molecule has 7 N–H and O–H groups in total. The minimum absolute atomic E-state index is 0.0968. The Balaban J connectivity index is 2.73. The van der Waals surface area contributed by atoms with Crippen molar-refractivity contribution in [2.45, 2.75) is 57.9 Å². The largest absolute Gasteiger partial charge is 0.475 e. The molecule has 1 rings (SSSR count). The summed E-state index contributed by atoms with van der Waals surface area (Å²) in [7, 11) is -1.74. The SMILES string of the molecule is CC(C)C[C@H](NC(=O)[C@H](CCCN=C(N)N[N+](=O)[O-])NC(=O)CCc1cccs1)B(O)O. The molecule has 0 unspecified atom stereocenters. The van der Waals surface area contributed by atoms with Crippen LogP contribution in [0.3, 0.4) is 0 Å². The van der Waals surface area contributed by atoms with Gasteiger partial charge in [0.15, 0.2) is 5.03 Å². The number of rotatable bonds is 14. The van der Waals surface area contributed by atoms with Gasteiger partial charge < -0.3 is 26.4 Å². The van der Waals surface area contributed by atoms with Gasteiger partial charge in [-0.25, -0.2) is 15.1 Å². The first-order valence-corrected chi connectivity index (χ1v) is 11.2. The number of carbonyl (C=O) groups is 2. The third kappa shape index (κ3) is 11.6. The number of nitrogens with zero attached hydrogens (tertiary/aromatic N) is 2. The Morgan fingerprint density at radius 2 is 2.06 bits per heavy atom. The van der Waals surface area contributed by atoms with Crippen LogP contribution < -0.4 is 21.8 Å². The first-order chi connectivity index (χ1) is 15.1. The van der Waals surface area contributed by atoms with Crippen LogP contribution >= 0.6 is 11.3 Å². The Hall–Kier alpha value is -2.71. The lowest BCUT2D eigenvalue weighted by molar-refractivity contribution is -0.525. The maximum atomic E-state index is 12.8. The van der Waals surface area contributed by atoms with Crippen LogP contribution in [0.2, 0.25) is 0 Å². The molecule has 0 aliphatic carbocycles. The molecule has 0 saturated heterocycles. The second kappa shape index (κ2) is 14.4. The highest BCUT2D eigenvalue weighted by Crippen LogP contribution is 2.11. The standard InChI is InChI=1S/C18H31BN6O6S/c1-12(2)11-15(19(28)29)23-17(27)14(6-3-9-21-18(20)24-25(30)31)22-16(26)8-7-13-5-4-10-32-13/h4-5,10,12,14-15,28-29H,3,6-9,11H2,1-2H3,(H,22,26)(H,23,27)(H3,20,21,24)/t14-,15-/m0/s1. The normalized spacial score (nSPS) is 13.3. The third-order valence-corrected chi connectivity index (χ3v) is 5.32. The Morgan fingerprint density at radius 3 is 2.62 bits per heavy atom. The van der Waals surface area contributed by atoms with Gasteiger partial charge in [0.05, 0.1) is 5.94 Å². The van der Waals surface area contributed by atoms with Gasteiger partial charge in [-0.05, 0) is 43.0 Å². The number of hydrogen-bond acceptors (Lipinski definition) is 8. The monoisotopic (exact) mass is 470 g/mol. The Labute approximate surface area is 190 Å². The van der Waals surface area contributed by atoms with Crippen molar-refractivity contribution in [3.05, 3.63) is 32.5 Å². The number of nitrogens with one attached hydrogen (secondary N) is 3. The molecule has 2 amide bonds. The number of carbonyl (C=O) groups excluding carboxylic acids is 2. The number of nitrogens with two attached hydrogens (primary N) is 1. The average Bonchev–Trinajstić information content (AvgIpc) is 3.20. The molecule has 0 spiro atoms. The van der Waals surface area contributed by atoms with Crippen molar-refractivity contribution in [2.24, 2.45) is 16.6 Å². The van der Waals surface area contributed by atoms with Crippen molar-refractivity contribution in [1.82, 2.24) is 16.1 Å². The number of amides is 2. The Morgan fingerprint density at radius 1 is 1.34 bits per heavy atom. The molecule has 1 heterocycles. The van der Waals surface area contributed by atoms with Gasteiger partial charge in [0.2, 0.25) is 11.8 Å². The minimum atomic E-state index is -1.74. The maximum absolute atomic E-state index is 12.8. The minimum Gasteiger partial charge on any atom is -0.426 e. The summed E-state index contributed by atoms with van der Waals surface area (Å²) in [4.78, 5) is 40.3. The molecule has 12 nitrogen and oxygen atoms in total. The molecule has 32 heavy (non-hydrogen) atoms. The van der Waals surface area contributed by atoms with Crippen LogP contribution in [-0.2, 0) is 16.0 Å². The summed E-state index contributed by atoms with van der Waals surface area (Å²) in [5.74, 6) is -2.01. The van der Waals surface area contributed by atoms with Gasteiger partial charge in [0.25, 0.3) is 5.96 Å². The number of thiophene rings is 1. The summed E-state index contributed by atoms with van der Waals surface area (Å²) in [6, 6.07) is 2.88. The van der Waals surface area contributed by atoms with Crippen LogP contribution in [0.4, 0.5) is 0 Å². The van der Waals surface area contributed by atoms with Gasteiger partial charge in [0.1, 0.15) is 6.04 Å². The summed E-state index contributed by atoms with van der Waals surface area (Å²) in [6.07, 6.45) is 1.56. The smallest absolute Gasteiger partial charge is 0.426 e. The molecule has 2 atom stereocenters. The zero-order chi connectivity index (χ0) is 24.1. The van der Waals surface area contributed by atoms with Crippen LogP contribution in [0.5, 0.6) is 0 Å². The lowest BCUT2D eigenvalue weighted by Crippen LogP contribution is -2.54. The van der Waals surface area contributed by atoms with Crippen molar-refractivity contribution < 1.29 is 24.7 Å². The van der Waals surface area contributed by atoms with Crippen LogP contribution in [0, 0.1) is 16.0 Å². The third-order valence-electron chi connectivity index (χ3n) is 4.38. The number of hydrogen-bond donors (Lipinski definition) is 6. The molecule has 1 aromatic rings. The van der Waals surface area contributed by atoms with E-state index < -0.39 is 30.0 Å². The number of guanidine groups is 1. The van der Waals surface area contributed by atoms with E-state index in [2.05, 4.69) is 15.6 Å². The van der Waals surface area contributed by atoms with E-state index in [1.165, 1.54) is 11.3 Å². The van der Waals surface area contributed by atoms with Crippen LogP contribution in [0.25, 0.3) is 0 Å². The Kier molecular flexibility index (Phi) is 12.3. The van der Waals surface area contributed by atoms with Crippen molar-refractivity contribution in [2.75, 3.05) is 6.54 Å². The van der Waals surface area contributed by atoms with E-state index in [9.17, 15) is 29.8 Å². The van der Waals surface area contributed by atoms with Crippen molar-refractivity contribution >= 4 is 36.2 Å². The highest BCUT2D eigenvalue weighted by molar-refractivity contribution is 7.09. The first-order valence-electron chi connectivity index (χ1n) is 10.3. The predicted molar refractivity (Wildman–Crippen MR) is 122 cm³/mol. The fourth-order valence-corrected chi connectivity index (χ4v) is 3.61. The molecule has 0 saturated carbocycles. The van der Waals surface area contributed by atoms with E-state index in [-0.39, 0.29) is 37.2 Å². The zero-order valence-corrected chi connectivity index (χ0v) is 19.0. The molecule has 0 fully saturated rings. The van der Waals surface area contributed by atoms with Gasteiger partial charge >= 0.3 is 7.12 Å². The summed E-state index contributed by atoms with van der Waals surface area (Å²) >= 11 is 1.54. The molecule has 0 bridgehead atoms. The highest BCUT2D eigenvalue weighted by Gasteiger charge is 2.29. The average molecular weight is 470 g/mol. The lowest BCUT2D eigenvalue weighted by atomic mass is 9.75. The first kappa shape index (κ1) is 27.3. The molecule has 178 valence electrons. The molecule has 1 aromatic heterocycles.